The van der Waals surface area contributed by atoms with Crippen molar-refractivity contribution in [1.82, 2.24) is 9.88 Å². The molecule has 3 aromatic rings. The Morgan fingerprint density at radius 3 is 2.71 bits per heavy atom. The molecule has 142 valence electrons. The Morgan fingerprint density at radius 1 is 1.18 bits per heavy atom. The van der Waals surface area contributed by atoms with Gasteiger partial charge in [-0.3, -0.25) is 4.79 Å². The first kappa shape index (κ1) is 17.6. The van der Waals surface area contributed by atoms with E-state index in [0.29, 0.717) is 12.1 Å². The summed E-state index contributed by atoms with van der Waals surface area (Å²) in [6.45, 7) is 2.30. The number of para-hydroxylation sites is 1. The molecule has 2 atom stereocenters. The first-order chi connectivity index (χ1) is 13.6. The lowest BCUT2D eigenvalue weighted by Crippen LogP contribution is -2.46. The summed E-state index contributed by atoms with van der Waals surface area (Å²) in [6.07, 6.45) is 1.58. The highest BCUT2D eigenvalue weighted by Crippen LogP contribution is 2.48. The number of carbonyl (C=O) groups excluding carboxylic acids is 1. The Kier molecular flexibility index (Phi) is 4.09. The molecule has 5 rings (SSSR count). The number of hydrogen-bond donors (Lipinski definition) is 2. The van der Waals surface area contributed by atoms with Crippen LogP contribution in [0.3, 0.4) is 0 Å². The Hall–Kier alpha value is -2.53. The van der Waals surface area contributed by atoms with E-state index in [2.05, 4.69) is 39.1 Å². The van der Waals surface area contributed by atoms with Crippen LogP contribution in [-0.4, -0.2) is 27.4 Å². The molecule has 3 heterocycles. The molecule has 2 aromatic carbocycles. The van der Waals surface area contributed by atoms with Crippen molar-refractivity contribution in [2.24, 2.45) is 0 Å². The van der Waals surface area contributed by atoms with Crippen LogP contribution < -0.4 is 0 Å². The van der Waals surface area contributed by atoms with E-state index in [1.807, 2.05) is 35.2 Å². The predicted molar refractivity (Wildman–Crippen MR) is 113 cm³/mol. The second-order valence-electron chi connectivity index (χ2n) is 7.64. The van der Waals surface area contributed by atoms with Gasteiger partial charge in [0.25, 0.3) is 5.91 Å². The van der Waals surface area contributed by atoms with Crippen molar-refractivity contribution in [1.29, 1.82) is 0 Å². The first-order valence-electron chi connectivity index (χ1n) is 9.61. The molecule has 1 saturated heterocycles. The number of fused-ring (bicyclic) bond motifs is 5. The maximum absolute atomic E-state index is 13.4. The zero-order valence-electron chi connectivity index (χ0n) is 15.6. The lowest BCUT2D eigenvalue weighted by atomic mass is 9.77. The molecule has 1 amide bonds. The second kappa shape index (κ2) is 6.52. The van der Waals surface area contributed by atoms with Crippen molar-refractivity contribution in [2.75, 3.05) is 6.54 Å². The summed E-state index contributed by atoms with van der Waals surface area (Å²) in [5, 5.41) is 11.6. The molecule has 0 radical (unpaired) electrons. The number of aliphatic hydroxyl groups is 1. The number of hydrogen-bond acceptors (Lipinski definition) is 2. The van der Waals surface area contributed by atoms with Gasteiger partial charge in [-0.2, -0.15) is 0 Å². The molecular weight excluding hydrogens is 416 g/mol. The van der Waals surface area contributed by atoms with Crippen molar-refractivity contribution >= 4 is 32.7 Å². The van der Waals surface area contributed by atoms with Crippen molar-refractivity contribution < 1.29 is 9.90 Å². The van der Waals surface area contributed by atoms with Gasteiger partial charge in [0.05, 0.1) is 17.4 Å². The van der Waals surface area contributed by atoms with E-state index in [1.165, 1.54) is 10.9 Å². The van der Waals surface area contributed by atoms with Crippen LogP contribution in [0.25, 0.3) is 10.9 Å². The summed E-state index contributed by atoms with van der Waals surface area (Å²) in [7, 11) is 0. The molecule has 0 spiro atoms. The monoisotopic (exact) mass is 436 g/mol. The SMILES string of the molecule is C/C(O)=C1/C(=O)N2CCc3c([nH]c4ccccc34)[C@@H]2C[C@H]1c1ccccc1Br. The first-order valence-corrected chi connectivity index (χ1v) is 10.4. The standard InChI is InChI=1S/C23H21BrN2O2/c1-13(27)21-17(14-6-2-4-8-18(14)24)12-20-22-16(10-11-26(20)23(21)28)15-7-3-5-9-19(15)25-22/h2-9,17,20,25,27H,10-12H2,1H3/b21-13-/t17-,20-/m0/s1. The van der Waals surface area contributed by atoms with Gasteiger partial charge >= 0.3 is 0 Å². The summed E-state index contributed by atoms with van der Waals surface area (Å²) in [4.78, 5) is 18.9. The van der Waals surface area contributed by atoms with E-state index >= 15 is 0 Å². The highest BCUT2D eigenvalue weighted by Gasteiger charge is 2.44. The number of benzene rings is 2. The highest BCUT2D eigenvalue weighted by molar-refractivity contribution is 9.10. The highest BCUT2D eigenvalue weighted by atomic mass is 79.9. The van der Waals surface area contributed by atoms with Crippen LogP contribution in [-0.2, 0) is 11.2 Å². The second-order valence-corrected chi connectivity index (χ2v) is 8.49. The number of halogens is 1. The van der Waals surface area contributed by atoms with Crippen LogP contribution in [0.2, 0.25) is 0 Å². The Bertz CT molecular complexity index is 1130. The van der Waals surface area contributed by atoms with Crippen LogP contribution in [0.15, 0.2) is 64.3 Å². The fourth-order valence-electron chi connectivity index (χ4n) is 4.90. The van der Waals surface area contributed by atoms with Gasteiger partial charge < -0.3 is 15.0 Å². The summed E-state index contributed by atoms with van der Waals surface area (Å²) in [6, 6.07) is 16.3. The predicted octanol–water partition coefficient (Wildman–Crippen LogP) is 5.38. The average molecular weight is 437 g/mol. The minimum absolute atomic E-state index is 0.0103. The van der Waals surface area contributed by atoms with Gasteiger partial charge in [0.15, 0.2) is 0 Å². The number of aromatic nitrogens is 1. The van der Waals surface area contributed by atoms with Crippen LogP contribution in [0.5, 0.6) is 0 Å². The minimum atomic E-state index is -0.147. The van der Waals surface area contributed by atoms with Gasteiger partial charge in [0, 0.05) is 33.5 Å². The third-order valence-electron chi connectivity index (χ3n) is 6.13. The van der Waals surface area contributed by atoms with Crippen LogP contribution >= 0.6 is 15.9 Å². The third kappa shape index (κ3) is 2.53. The maximum atomic E-state index is 13.4. The topological polar surface area (TPSA) is 56.3 Å². The number of piperidine rings is 1. The van der Waals surface area contributed by atoms with Gasteiger partial charge in [-0.25, -0.2) is 0 Å². The van der Waals surface area contributed by atoms with Crippen molar-refractivity contribution in [3.05, 3.63) is 81.2 Å². The molecule has 1 aromatic heterocycles. The molecule has 4 nitrogen and oxygen atoms in total. The molecule has 0 bridgehead atoms. The Morgan fingerprint density at radius 2 is 1.93 bits per heavy atom. The lowest BCUT2D eigenvalue weighted by Gasteiger charge is -2.43. The Balaban J connectivity index is 1.67. The van der Waals surface area contributed by atoms with E-state index in [1.54, 1.807) is 6.92 Å². The fraction of sp³-hybridized carbons (Fsp3) is 0.261. The third-order valence-corrected chi connectivity index (χ3v) is 6.85. The van der Waals surface area contributed by atoms with Gasteiger partial charge in [-0.1, -0.05) is 52.3 Å². The molecule has 0 saturated carbocycles. The smallest absolute Gasteiger partial charge is 0.254 e. The summed E-state index contributed by atoms with van der Waals surface area (Å²) < 4.78 is 0.965. The van der Waals surface area contributed by atoms with E-state index in [4.69, 9.17) is 0 Å². The number of nitrogens with one attached hydrogen (secondary N) is 1. The summed E-state index contributed by atoms with van der Waals surface area (Å²) >= 11 is 3.64. The molecule has 0 unspecified atom stereocenters. The zero-order chi connectivity index (χ0) is 19.4. The van der Waals surface area contributed by atoms with Gasteiger partial charge in [-0.15, -0.1) is 0 Å². The number of amides is 1. The van der Waals surface area contributed by atoms with Crippen LogP contribution in [0.4, 0.5) is 0 Å². The van der Waals surface area contributed by atoms with Gasteiger partial charge in [-0.05, 0) is 43.0 Å². The van der Waals surface area contributed by atoms with E-state index in [9.17, 15) is 9.90 Å². The number of carbonyl (C=O) groups is 1. The quantitative estimate of drug-likeness (QED) is 0.397. The van der Waals surface area contributed by atoms with E-state index in [0.717, 1.165) is 34.1 Å². The number of H-pyrrole nitrogens is 1. The zero-order valence-corrected chi connectivity index (χ0v) is 17.2. The number of aromatic amines is 1. The number of allylic oxidation sites excluding steroid dienone is 1. The average Bonchev–Trinajstić information content (AvgIpc) is 3.07. The molecule has 28 heavy (non-hydrogen) atoms. The molecule has 2 N–H and O–H groups in total. The van der Waals surface area contributed by atoms with Gasteiger partial charge in [0.1, 0.15) is 0 Å². The molecular formula is C23H21BrN2O2. The minimum Gasteiger partial charge on any atom is -0.512 e. The molecule has 5 heteroatoms. The lowest BCUT2D eigenvalue weighted by molar-refractivity contribution is -0.133. The number of aliphatic hydroxyl groups excluding tert-OH is 1. The summed E-state index contributed by atoms with van der Waals surface area (Å²) in [5.74, 6) is -0.0837. The van der Waals surface area contributed by atoms with Crippen LogP contribution in [0, 0.1) is 0 Å². The summed E-state index contributed by atoms with van der Waals surface area (Å²) in [5.41, 5.74) is 5.15. The van der Waals surface area contributed by atoms with Crippen molar-refractivity contribution in [3.8, 4) is 0 Å². The molecule has 2 aliphatic heterocycles. The van der Waals surface area contributed by atoms with Gasteiger partial charge in [0.2, 0.25) is 0 Å². The maximum Gasteiger partial charge on any atom is 0.254 e. The molecule has 0 aliphatic carbocycles. The van der Waals surface area contributed by atoms with E-state index in [-0.39, 0.29) is 23.6 Å². The molecule has 1 fully saturated rings. The largest absolute Gasteiger partial charge is 0.512 e. The normalized spacial score (nSPS) is 23.5. The molecule has 2 aliphatic rings. The van der Waals surface area contributed by atoms with Crippen molar-refractivity contribution in [3.63, 3.8) is 0 Å². The van der Waals surface area contributed by atoms with E-state index < -0.39 is 0 Å². The number of nitrogens with zero attached hydrogens (tertiary/aromatic N) is 1. The van der Waals surface area contributed by atoms with Crippen LogP contribution in [0.1, 0.15) is 42.1 Å². The van der Waals surface area contributed by atoms with Crippen molar-refractivity contribution in [2.45, 2.75) is 31.7 Å². The Labute approximate surface area is 172 Å². The fourth-order valence-corrected chi connectivity index (χ4v) is 5.46. The number of rotatable bonds is 1.